The van der Waals surface area contributed by atoms with E-state index >= 15 is 0 Å². The number of alkyl halides is 3. The van der Waals surface area contributed by atoms with E-state index in [4.69, 9.17) is 0 Å². The zero-order valence-corrected chi connectivity index (χ0v) is 15.6. The van der Waals surface area contributed by atoms with Gasteiger partial charge in [0.25, 0.3) is 5.56 Å². The second-order valence-electron chi connectivity index (χ2n) is 5.01. The summed E-state index contributed by atoms with van der Waals surface area (Å²) in [6, 6.07) is 0. The molecular formula is C14H23ClF3N5O2. The standard InChI is InChI=1S/C10H11F3N4O2.C4H11N.ClH/c1-4-17-5-6(14-8(17)10(11,12)13)15(2)9(19)16(3)7(5)18;1-3-5-4-2;/h4H2,1-3H3;5H,3-4H2,1-2H3;1H. The number of nitrogens with zero attached hydrogens (tertiary/aromatic N) is 4. The van der Waals surface area contributed by atoms with Gasteiger partial charge >= 0.3 is 11.9 Å². The van der Waals surface area contributed by atoms with E-state index in [1.54, 1.807) is 0 Å². The van der Waals surface area contributed by atoms with Crippen molar-refractivity contribution in [1.29, 1.82) is 0 Å². The van der Waals surface area contributed by atoms with Crippen LogP contribution in [0.25, 0.3) is 11.2 Å². The van der Waals surface area contributed by atoms with Gasteiger partial charge in [0, 0.05) is 20.6 Å². The molecule has 0 fully saturated rings. The molecule has 2 rings (SSSR count). The van der Waals surface area contributed by atoms with E-state index in [1.807, 2.05) is 0 Å². The molecule has 2 aromatic rings. The maximum atomic E-state index is 12.9. The quantitative estimate of drug-likeness (QED) is 0.869. The average molecular weight is 386 g/mol. The molecule has 1 N–H and O–H groups in total. The van der Waals surface area contributed by atoms with Gasteiger partial charge in [0.05, 0.1) is 0 Å². The summed E-state index contributed by atoms with van der Waals surface area (Å²) in [7, 11) is 2.49. The van der Waals surface area contributed by atoms with Crippen LogP contribution in [0.4, 0.5) is 13.2 Å². The van der Waals surface area contributed by atoms with Gasteiger partial charge in [-0.15, -0.1) is 12.4 Å². The van der Waals surface area contributed by atoms with Crippen molar-refractivity contribution in [3.05, 3.63) is 26.7 Å². The second kappa shape index (κ2) is 9.04. The maximum absolute atomic E-state index is 12.9. The summed E-state index contributed by atoms with van der Waals surface area (Å²) in [5, 5.41) is 3.11. The molecule has 0 amide bonds. The first kappa shape index (κ1) is 23.2. The van der Waals surface area contributed by atoms with Gasteiger partial charge in [0.15, 0.2) is 11.2 Å². The van der Waals surface area contributed by atoms with Crippen molar-refractivity contribution in [1.82, 2.24) is 24.0 Å². The molecule has 0 saturated heterocycles. The smallest absolute Gasteiger partial charge is 0.317 e. The SMILES string of the molecule is CCNCC.CCn1c(C(F)(F)F)nc2c1c(=O)n(C)c(=O)n2C.Cl. The van der Waals surface area contributed by atoms with E-state index in [-0.39, 0.29) is 30.1 Å². The largest absolute Gasteiger partial charge is 0.449 e. The van der Waals surface area contributed by atoms with Crippen molar-refractivity contribution >= 4 is 23.6 Å². The molecule has 11 heteroatoms. The highest BCUT2D eigenvalue weighted by molar-refractivity contribution is 5.85. The highest BCUT2D eigenvalue weighted by Crippen LogP contribution is 2.30. The van der Waals surface area contributed by atoms with E-state index in [0.29, 0.717) is 0 Å². The molecule has 0 aromatic carbocycles. The lowest BCUT2D eigenvalue weighted by atomic mass is 10.5. The lowest BCUT2D eigenvalue weighted by Gasteiger charge is -2.08. The third kappa shape index (κ3) is 4.63. The summed E-state index contributed by atoms with van der Waals surface area (Å²) in [6.45, 7) is 7.79. The molecule has 2 heterocycles. The molecule has 0 aliphatic rings. The van der Waals surface area contributed by atoms with Crippen molar-refractivity contribution in [3.63, 3.8) is 0 Å². The summed E-state index contributed by atoms with van der Waals surface area (Å²) >= 11 is 0. The minimum atomic E-state index is -4.68. The fourth-order valence-corrected chi connectivity index (χ4v) is 2.22. The number of rotatable bonds is 3. The number of hydrogen-bond donors (Lipinski definition) is 1. The van der Waals surface area contributed by atoms with Crippen molar-refractivity contribution in [3.8, 4) is 0 Å². The second-order valence-corrected chi connectivity index (χ2v) is 5.01. The molecule has 0 aliphatic carbocycles. The summed E-state index contributed by atoms with van der Waals surface area (Å²) < 4.78 is 41.0. The molecule has 0 bridgehead atoms. The Kier molecular flexibility index (Phi) is 8.39. The maximum Gasteiger partial charge on any atom is 0.449 e. The number of aryl methyl sites for hydroxylation is 2. The van der Waals surface area contributed by atoms with Crippen LogP contribution < -0.4 is 16.6 Å². The predicted octanol–water partition coefficient (Wildman–Crippen LogP) is 1.51. The zero-order valence-electron chi connectivity index (χ0n) is 14.8. The Bertz CT molecular complexity index is 821. The molecule has 25 heavy (non-hydrogen) atoms. The van der Waals surface area contributed by atoms with Crippen LogP contribution in [-0.4, -0.2) is 31.8 Å². The first-order valence-corrected chi connectivity index (χ1v) is 7.55. The van der Waals surface area contributed by atoms with Gasteiger partial charge in [-0.2, -0.15) is 13.2 Å². The highest BCUT2D eigenvalue weighted by atomic mass is 35.5. The third-order valence-electron chi connectivity index (χ3n) is 3.42. The highest BCUT2D eigenvalue weighted by Gasteiger charge is 2.38. The minimum Gasteiger partial charge on any atom is -0.317 e. The van der Waals surface area contributed by atoms with Gasteiger partial charge in [-0.05, 0) is 20.0 Å². The predicted molar refractivity (Wildman–Crippen MR) is 92.4 cm³/mol. The van der Waals surface area contributed by atoms with Crippen LogP contribution >= 0.6 is 12.4 Å². The molecule has 2 aromatic heterocycles. The Balaban J connectivity index is 0.000000848. The molecule has 144 valence electrons. The van der Waals surface area contributed by atoms with Crippen LogP contribution in [0.15, 0.2) is 9.59 Å². The molecular weight excluding hydrogens is 363 g/mol. The number of imidazole rings is 1. The van der Waals surface area contributed by atoms with Gasteiger partial charge in [0.2, 0.25) is 5.82 Å². The van der Waals surface area contributed by atoms with E-state index in [9.17, 15) is 22.8 Å². The number of halogens is 4. The van der Waals surface area contributed by atoms with E-state index in [0.717, 1.165) is 26.8 Å². The van der Waals surface area contributed by atoms with Gasteiger partial charge < -0.3 is 9.88 Å². The molecule has 7 nitrogen and oxygen atoms in total. The Morgan fingerprint density at radius 1 is 1.04 bits per heavy atom. The van der Waals surface area contributed by atoms with E-state index in [1.165, 1.54) is 21.0 Å². The van der Waals surface area contributed by atoms with Crippen LogP contribution in [0.2, 0.25) is 0 Å². The van der Waals surface area contributed by atoms with Crippen molar-refractivity contribution in [2.24, 2.45) is 14.1 Å². The summed E-state index contributed by atoms with van der Waals surface area (Å²) in [5.41, 5.74) is -1.99. The molecule has 0 unspecified atom stereocenters. The average Bonchev–Trinajstić information content (AvgIpc) is 2.92. The molecule has 0 aliphatic heterocycles. The number of hydrogen-bond acceptors (Lipinski definition) is 4. The third-order valence-corrected chi connectivity index (χ3v) is 3.42. The lowest BCUT2D eigenvalue weighted by molar-refractivity contribution is -0.146. The van der Waals surface area contributed by atoms with Crippen LogP contribution in [0.5, 0.6) is 0 Å². The fraction of sp³-hybridized carbons (Fsp3) is 0.643. The Morgan fingerprint density at radius 2 is 1.56 bits per heavy atom. The fourth-order valence-electron chi connectivity index (χ4n) is 2.22. The molecule has 0 saturated carbocycles. The Hall–Kier alpha value is -1.81. The number of aromatic nitrogens is 4. The van der Waals surface area contributed by atoms with E-state index in [2.05, 4.69) is 24.1 Å². The Morgan fingerprint density at radius 3 is 1.92 bits per heavy atom. The van der Waals surface area contributed by atoms with Gasteiger partial charge in [0.1, 0.15) is 0 Å². The summed E-state index contributed by atoms with van der Waals surface area (Å²) in [4.78, 5) is 27.0. The molecule has 0 radical (unpaired) electrons. The lowest BCUT2D eigenvalue weighted by Crippen LogP contribution is -2.37. The van der Waals surface area contributed by atoms with Crippen molar-refractivity contribution in [2.75, 3.05) is 13.1 Å². The van der Waals surface area contributed by atoms with Crippen LogP contribution in [-0.2, 0) is 26.8 Å². The van der Waals surface area contributed by atoms with Crippen LogP contribution in [0.3, 0.4) is 0 Å². The van der Waals surface area contributed by atoms with Crippen LogP contribution in [0, 0.1) is 0 Å². The first-order chi connectivity index (χ1) is 11.1. The topological polar surface area (TPSA) is 73.8 Å². The van der Waals surface area contributed by atoms with Crippen molar-refractivity contribution < 1.29 is 13.2 Å². The van der Waals surface area contributed by atoms with Gasteiger partial charge in [-0.1, -0.05) is 13.8 Å². The van der Waals surface area contributed by atoms with Gasteiger partial charge in [-0.3, -0.25) is 13.9 Å². The first-order valence-electron chi connectivity index (χ1n) is 7.55. The number of fused-ring (bicyclic) bond motifs is 1. The summed E-state index contributed by atoms with van der Waals surface area (Å²) in [6.07, 6.45) is -4.68. The van der Waals surface area contributed by atoms with Gasteiger partial charge in [-0.25, -0.2) is 9.78 Å². The van der Waals surface area contributed by atoms with Crippen molar-refractivity contribution in [2.45, 2.75) is 33.5 Å². The summed E-state index contributed by atoms with van der Waals surface area (Å²) in [5.74, 6) is -1.18. The van der Waals surface area contributed by atoms with E-state index < -0.39 is 23.2 Å². The molecule has 0 atom stereocenters. The Labute approximate surface area is 148 Å². The molecule has 0 spiro atoms. The number of nitrogens with one attached hydrogen (secondary N) is 1. The zero-order chi connectivity index (χ0) is 18.7. The van der Waals surface area contributed by atoms with Crippen LogP contribution in [0.1, 0.15) is 26.6 Å². The monoisotopic (exact) mass is 385 g/mol. The normalized spacial score (nSPS) is 11.0. The minimum absolute atomic E-state index is 0.